The lowest BCUT2D eigenvalue weighted by molar-refractivity contribution is 0.167. The summed E-state index contributed by atoms with van der Waals surface area (Å²) in [5, 5.41) is 6.96. The topological polar surface area (TPSA) is 62.0 Å². The first-order chi connectivity index (χ1) is 14.7. The molecular weight excluding hydrogens is 503 g/mol. The fourth-order valence-corrected chi connectivity index (χ4v) is 3.78. The highest BCUT2D eigenvalue weighted by atomic mass is 127. The summed E-state index contributed by atoms with van der Waals surface area (Å²) in [7, 11) is 1.68. The minimum Gasteiger partial charge on any atom is -0.497 e. The van der Waals surface area contributed by atoms with Gasteiger partial charge < -0.3 is 24.7 Å². The first-order valence-corrected chi connectivity index (χ1v) is 11.2. The molecule has 1 saturated heterocycles. The predicted octanol–water partition coefficient (Wildman–Crippen LogP) is 4.45. The number of methoxy groups -OCH3 is 1. The Labute approximate surface area is 203 Å². The molecule has 1 aliphatic heterocycles. The van der Waals surface area contributed by atoms with Gasteiger partial charge in [-0.2, -0.15) is 0 Å². The first-order valence-electron chi connectivity index (χ1n) is 11.2. The Balaban J connectivity index is 0.00000341. The number of nitrogens with one attached hydrogen (secondary N) is 2. The van der Waals surface area contributed by atoms with E-state index in [1.165, 1.54) is 32.4 Å². The second-order valence-corrected chi connectivity index (χ2v) is 7.93. The van der Waals surface area contributed by atoms with E-state index < -0.39 is 0 Å². The Morgan fingerprint density at radius 2 is 1.84 bits per heavy atom. The molecule has 2 N–H and O–H groups in total. The molecule has 1 aromatic heterocycles. The normalized spacial score (nSPS) is 15.7. The molecule has 2 heterocycles. The smallest absolute Gasteiger partial charge is 0.191 e. The molecule has 1 atom stereocenters. The molecule has 3 rings (SSSR count). The van der Waals surface area contributed by atoms with Gasteiger partial charge in [-0.15, -0.1) is 24.0 Å². The highest BCUT2D eigenvalue weighted by Crippen LogP contribution is 2.14. The van der Waals surface area contributed by atoms with Crippen LogP contribution in [0.2, 0.25) is 0 Å². The molecule has 0 aliphatic carbocycles. The minimum absolute atomic E-state index is 0. The van der Waals surface area contributed by atoms with Crippen molar-refractivity contribution < 1.29 is 9.15 Å². The van der Waals surface area contributed by atoms with E-state index in [0.29, 0.717) is 12.6 Å². The first kappa shape index (κ1) is 25.5. The van der Waals surface area contributed by atoms with E-state index in [1.54, 1.807) is 13.4 Å². The van der Waals surface area contributed by atoms with Crippen molar-refractivity contribution in [3.63, 3.8) is 0 Å². The van der Waals surface area contributed by atoms with Crippen LogP contribution in [0.25, 0.3) is 0 Å². The fraction of sp³-hybridized carbons (Fsp3) is 0.542. The summed E-state index contributed by atoms with van der Waals surface area (Å²) in [6.07, 6.45) is 7.71. The number of halogens is 1. The Morgan fingerprint density at radius 1 is 1.10 bits per heavy atom. The van der Waals surface area contributed by atoms with Crippen molar-refractivity contribution in [1.82, 2.24) is 15.5 Å². The molecule has 6 nitrogen and oxygen atoms in total. The van der Waals surface area contributed by atoms with Gasteiger partial charge in [0.15, 0.2) is 5.96 Å². The van der Waals surface area contributed by atoms with Gasteiger partial charge in [0.1, 0.15) is 11.5 Å². The summed E-state index contributed by atoms with van der Waals surface area (Å²) in [5.74, 6) is 2.70. The van der Waals surface area contributed by atoms with E-state index in [2.05, 4.69) is 34.6 Å². The lowest BCUT2D eigenvalue weighted by Gasteiger charge is -2.32. The number of aliphatic imine (C=N–C) groups is 1. The Hall–Kier alpha value is -1.74. The average Bonchev–Trinajstić information content (AvgIpc) is 3.31. The number of guanidine groups is 1. The number of likely N-dealkylation sites (tertiary alicyclic amines) is 1. The molecule has 1 fully saturated rings. The standard InChI is InChI=1S/C24H36N4O2.HI/c1-20(28-16-4-3-5-17-28)12-14-25-24(26-15-13-23-7-6-18-30-23)27-19-21-8-10-22(29-2)11-9-21;/h6-11,18,20H,3-5,12-17,19H2,1-2H3,(H2,25,26,27);1H. The second kappa shape index (κ2) is 14.3. The number of hydrogen-bond acceptors (Lipinski definition) is 4. The minimum atomic E-state index is 0. The average molecular weight is 540 g/mol. The van der Waals surface area contributed by atoms with Crippen LogP contribution in [-0.4, -0.2) is 50.2 Å². The van der Waals surface area contributed by atoms with Crippen molar-refractivity contribution in [2.24, 2.45) is 4.99 Å². The fourth-order valence-electron chi connectivity index (χ4n) is 3.78. The van der Waals surface area contributed by atoms with Gasteiger partial charge in [0.05, 0.1) is 19.9 Å². The highest BCUT2D eigenvalue weighted by molar-refractivity contribution is 14.0. The number of furan rings is 1. The van der Waals surface area contributed by atoms with Gasteiger partial charge in [-0.1, -0.05) is 18.6 Å². The molecule has 0 amide bonds. The van der Waals surface area contributed by atoms with Crippen molar-refractivity contribution in [1.29, 1.82) is 0 Å². The summed E-state index contributed by atoms with van der Waals surface area (Å²) in [4.78, 5) is 7.40. The molecule has 0 saturated carbocycles. The van der Waals surface area contributed by atoms with E-state index in [9.17, 15) is 0 Å². The lowest BCUT2D eigenvalue weighted by Crippen LogP contribution is -2.42. The van der Waals surface area contributed by atoms with Gasteiger partial charge in [0.25, 0.3) is 0 Å². The summed E-state index contributed by atoms with van der Waals surface area (Å²) >= 11 is 0. The van der Waals surface area contributed by atoms with Crippen LogP contribution in [0.5, 0.6) is 5.75 Å². The molecule has 31 heavy (non-hydrogen) atoms. The molecular formula is C24H37IN4O2. The SMILES string of the molecule is COc1ccc(CN=C(NCCc2ccco2)NCCC(C)N2CCCCC2)cc1.I. The van der Waals surface area contributed by atoms with Crippen LogP contribution in [0, 0.1) is 0 Å². The van der Waals surface area contributed by atoms with E-state index in [-0.39, 0.29) is 24.0 Å². The number of piperidine rings is 1. The molecule has 0 radical (unpaired) electrons. The van der Waals surface area contributed by atoms with Crippen molar-refractivity contribution in [3.05, 3.63) is 54.0 Å². The molecule has 2 aromatic rings. The van der Waals surface area contributed by atoms with Crippen LogP contribution in [0.3, 0.4) is 0 Å². The molecule has 0 bridgehead atoms. The highest BCUT2D eigenvalue weighted by Gasteiger charge is 2.16. The van der Waals surface area contributed by atoms with Crippen LogP contribution >= 0.6 is 24.0 Å². The van der Waals surface area contributed by atoms with Crippen molar-refractivity contribution in [3.8, 4) is 5.75 Å². The molecule has 172 valence electrons. The number of hydrogen-bond donors (Lipinski definition) is 2. The zero-order valence-corrected chi connectivity index (χ0v) is 21.1. The number of rotatable bonds is 10. The van der Waals surface area contributed by atoms with E-state index in [4.69, 9.17) is 14.1 Å². The van der Waals surface area contributed by atoms with Crippen LogP contribution in [-0.2, 0) is 13.0 Å². The maximum atomic E-state index is 5.43. The molecule has 1 aromatic carbocycles. The summed E-state index contributed by atoms with van der Waals surface area (Å²) in [6.45, 7) is 7.13. The third-order valence-electron chi connectivity index (χ3n) is 5.69. The number of benzene rings is 1. The van der Waals surface area contributed by atoms with Gasteiger partial charge in [-0.05, 0) is 69.1 Å². The lowest BCUT2D eigenvalue weighted by atomic mass is 10.1. The second-order valence-electron chi connectivity index (χ2n) is 7.93. The quantitative estimate of drug-likeness (QED) is 0.265. The predicted molar refractivity (Wildman–Crippen MR) is 137 cm³/mol. The van der Waals surface area contributed by atoms with E-state index in [1.807, 2.05) is 24.3 Å². The number of nitrogens with zero attached hydrogens (tertiary/aromatic N) is 2. The maximum absolute atomic E-state index is 5.43. The molecule has 1 unspecified atom stereocenters. The van der Waals surface area contributed by atoms with Gasteiger partial charge in [0, 0.05) is 25.6 Å². The van der Waals surface area contributed by atoms with Crippen molar-refractivity contribution in [2.75, 3.05) is 33.3 Å². The van der Waals surface area contributed by atoms with Gasteiger partial charge >= 0.3 is 0 Å². The maximum Gasteiger partial charge on any atom is 0.191 e. The number of ether oxygens (including phenoxy) is 1. The molecule has 7 heteroatoms. The zero-order valence-electron chi connectivity index (χ0n) is 18.8. The van der Waals surface area contributed by atoms with Gasteiger partial charge in [-0.25, -0.2) is 4.99 Å². The van der Waals surface area contributed by atoms with Gasteiger partial charge in [0.2, 0.25) is 0 Å². The summed E-state index contributed by atoms with van der Waals surface area (Å²) < 4.78 is 10.7. The molecule has 0 spiro atoms. The van der Waals surface area contributed by atoms with Crippen LogP contribution in [0.1, 0.15) is 43.9 Å². The van der Waals surface area contributed by atoms with Crippen molar-refractivity contribution in [2.45, 2.75) is 51.6 Å². The van der Waals surface area contributed by atoms with Gasteiger partial charge in [-0.3, -0.25) is 0 Å². The Bertz CT molecular complexity index is 743. The Morgan fingerprint density at radius 3 is 2.52 bits per heavy atom. The van der Waals surface area contributed by atoms with Crippen molar-refractivity contribution >= 4 is 29.9 Å². The van der Waals surface area contributed by atoms with E-state index >= 15 is 0 Å². The van der Waals surface area contributed by atoms with Crippen LogP contribution in [0.15, 0.2) is 52.1 Å². The Kier molecular flexibility index (Phi) is 11.8. The summed E-state index contributed by atoms with van der Waals surface area (Å²) in [5.41, 5.74) is 1.16. The third-order valence-corrected chi connectivity index (χ3v) is 5.69. The van der Waals surface area contributed by atoms with E-state index in [0.717, 1.165) is 49.0 Å². The monoisotopic (exact) mass is 540 g/mol. The van der Waals surface area contributed by atoms with Crippen LogP contribution < -0.4 is 15.4 Å². The molecule has 1 aliphatic rings. The summed E-state index contributed by atoms with van der Waals surface area (Å²) in [6, 6.07) is 12.6. The van der Waals surface area contributed by atoms with Crippen LogP contribution in [0.4, 0.5) is 0 Å². The largest absolute Gasteiger partial charge is 0.497 e. The zero-order chi connectivity index (χ0) is 21.0. The third kappa shape index (κ3) is 9.11.